The maximum Gasteiger partial charge on any atom is 0.211 e. The van der Waals surface area contributed by atoms with Gasteiger partial charge in [0.25, 0.3) is 0 Å². The summed E-state index contributed by atoms with van der Waals surface area (Å²) in [6, 6.07) is 0. The molecule has 0 spiro atoms. The van der Waals surface area contributed by atoms with Crippen LogP contribution in [0, 0.1) is 0 Å². The molecule has 1 rings (SSSR count). The van der Waals surface area contributed by atoms with Crippen LogP contribution < -0.4 is 10.0 Å². The molecule has 0 unspecified atom stereocenters. The van der Waals surface area contributed by atoms with Crippen molar-refractivity contribution in [3.05, 3.63) is 0 Å². The van der Waals surface area contributed by atoms with Crippen molar-refractivity contribution in [1.82, 2.24) is 14.9 Å². The quantitative estimate of drug-likeness (QED) is 0.527. The van der Waals surface area contributed by atoms with Gasteiger partial charge in [0.2, 0.25) is 10.0 Å². The van der Waals surface area contributed by atoms with Crippen molar-refractivity contribution in [3.63, 3.8) is 0 Å². The summed E-state index contributed by atoms with van der Waals surface area (Å²) in [6.45, 7) is 8.76. The lowest BCUT2D eigenvalue weighted by Crippen LogP contribution is -2.38. The van der Waals surface area contributed by atoms with Gasteiger partial charge < -0.3 is 10.1 Å². The lowest BCUT2D eigenvalue weighted by atomic mass is 10.3. The van der Waals surface area contributed by atoms with Crippen LogP contribution in [0.5, 0.6) is 0 Å². The first-order chi connectivity index (χ1) is 9.64. The summed E-state index contributed by atoms with van der Waals surface area (Å²) >= 11 is 0. The normalized spacial score (nSPS) is 17.4. The molecule has 1 heterocycles. The monoisotopic (exact) mass is 307 g/mol. The van der Waals surface area contributed by atoms with E-state index in [1.54, 1.807) is 0 Å². The smallest absolute Gasteiger partial charge is 0.211 e. The van der Waals surface area contributed by atoms with Crippen LogP contribution in [0.4, 0.5) is 0 Å². The van der Waals surface area contributed by atoms with Gasteiger partial charge in [-0.1, -0.05) is 6.92 Å². The molecule has 1 saturated heterocycles. The molecule has 0 aliphatic carbocycles. The zero-order valence-electron chi connectivity index (χ0n) is 12.6. The minimum Gasteiger partial charge on any atom is -0.379 e. The van der Waals surface area contributed by atoms with Crippen molar-refractivity contribution in [2.75, 3.05) is 58.2 Å². The molecule has 7 heteroatoms. The van der Waals surface area contributed by atoms with Gasteiger partial charge in [-0.25, -0.2) is 13.1 Å². The summed E-state index contributed by atoms with van der Waals surface area (Å²) in [6.07, 6.45) is 2.60. The minimum absolute atomic E-state index is 0.210. The van der Waals surface area contributed by atoms with Gasteiger partial charge in [-0.3, -0.25) is 4.90 Å². The van der Waals surface area contributed by atoms with E-state index in [1.807, 2.05) is 0 Å². The molecule has 0 atom stereocenters. The number of nitrogens with one attached hydrogen (secondary N) is 2. The van der Waals surface area contributed by atoms with E-state index in [-0.39, 0.29) is 5.75 Å². The zero-order chi connectivity index (χ0) is 14.7. The Morgan fingerprint density at radius 1 is 1.10 bits per heavy atom. The average molecular weight is 307 g/mol. The fourth-order valence-electron chi connectivity index (χ4n) is 2.12. The van der Waals surface area contributed by atoms with Crippen molar-refractivity contribution in [2.45, 2.75) is 26.2 Å². The molecule has 0 saturated carbocycles. The summed E-state index contributed by atoms with van der Waals surface area (Å²) in [7, 11) is -3.10. The van der Waals surface area contributed by atoms with Crippen molar-refractivity contribution < 1.29 is 13.2 Å². The van der Waals surface area contributed by atoms with Gasteiger partial charge in [0, 0.05) is 19.6 Å². The molecular formula is C13H29N3O3S. The van der Waals surface area contributed by atoms with Crippen LogP contribution in [-0.4, -0.2) is 71.6 Å². The maximum atomic E-state index is 11.7. The Bertz CT molecular complexity index is 330. The van der Waals surface area contributed by atoms with Gasteiger partial charge in [-0.2, -0.15) is 0 Å². The number of rotatable bonds is 11. The number of ether oxygens (including phenoxy) is 1. The summed E-state index contributed by atoms with van der Waals surface area (Å²) in [4.78, 5) is 2.31. The lowest BCUT2D eigenvalue weighted by Gasteiger charge is -2.26. The van der Waals surface area contributed by atoms with Crippen LogP contribution in [0.3, 0.4) is 0 Å². The lowest BCUT2D eigenvalue weighted by molar-refractivity contribution is 0.0376. The van der Waals surface area contributed by atoms with Crippen LogP contribution in [0.25, 0.3) is 0 Å². The minimum atomic E-state index is -3.10. The Hall–Kier alpha value is -0.210. The van der Waals surface area contributed by atoms with Gasteiger partial charge in [0.15, 0.2) is 0 Å². The molecule has 0 bridgehead atoms. The average Bonchev–Trinajstić information content (AvgIpc) is 2.44. The van der Waals surface area contributed by atoms with E-state index in [1.165, 1.54) is 0 Å². The molecule has 2 N–H and O–H groups in total. The largest absolute Gasteiger partial charge is 0.379 e. The highest BCUT2D eigenvalue weighted by Crippen LogP contribution is 1.98. The third-order valence-corrected chi connectivity index (χ3v) is 4.74. The number of nitrogens with zero attached hydrogens (tertiary/aromatic N) is 1. The Morgan fingerprint density at radius 2 is 1.85 bits per heavy atom. The van der Waals surface area contributed by atoms with Crippen molar-refractivity contribution in [1.29, 1.82) is 0 Å². The van der Waals surface area contributed by atoms with Crippen LogP contribution >= 0.6 is 0 Å². The molecular weight excluding hydrogens is 278 g/mol. The summed E-state index contributed by atoms with van der Waals surface area (Å²) in [5.41, 5.74) is 0. The van der Waals surface area contributed by atoms with Gasteiger partial charge in [0.05, 0.1) is 19.0 Å². The van der Waals surface area contributed by atoms with E-state index in [4.69, 9.17) is 4.74 Å². The second-order valence-electron chi connectivity index (χ2n) is 5.12. The maximum absolute atomic E-state index is 11.7. The van der Waals surface area contributed by atoms with Crippen molar-refractivity contribution >= 4 is 10.0 Å². The fraction of sp³-hybridized carbons (Fsp3) is 1.00. The fourth-order valence-corrected chi connectivity index (χ4v) is 3.24. The second kappa shape index (κ2) is 10.5. The molecule has 0 radical (unpaired) electrons. The molecule has 120 valence electrons. The highest BCUT2D eigenvalue weighted by Gasteiger charge is 2.11. The standard InChI is InChI=1S/C13H29N3O3S/c1-2-5-14-6-4-13-20(17,18)15-7-3-8-16-9-11-19-12-10-16/h14-15H,2-13H2,1H3. The molecule has 1 fully saturated rings. The van der Waals surface area contributed by atoms with Gasteiger partial charge in [-0.15, -0.1) is 0 Å². The van der Waals surface area contributed by atoms with E-state index < -0.39 is 10.0 Å². The van der Waals surface area contributed by atoms with Crippen molar-refractivity contribution in [3.8, 4) is 0 Å². The van der Waals surface area contributed by atoms with Crippen LogP contribution in [0.1, 0.15) is 26.2 Å². The molecule has 6 nitrogen and oxygen atoms in total. The van der Waals surface area contributed by atoms with Gasteiger partial charge >= 0.3 is 0 Å². The topological polar surface area (TPSA) is 70.7 Å². The molecule has 0 aromatic carbocycles. The number of morpholine rings is 1. The van der Waals surface area contributed by atoms with Gasteiger partial charge in [0.1, 0.15) is 0 Å². The van der Waals surface area contributed by atoms with E-state index in [2.05, 4.69) is 21.9 Å². The third-order valence-electron chi connectivity index (χ3n) is 3.27. The first-order valence-electron chi connectivity index (χ1n) is 7.62. The Morgan fingerprint density at radius 3 is 2.55 bits per heavy atom. The van der Waals surface area contributed by atoms with Crippen LogP contribution in [0.2, 0.25) is 0 Å². The molecule has 0 aromatic rings. The predicted molar refractivity (Wildman–Crippen MR) is 81.4 cm³/mol. The molecule has 0 aromatic heterocycles. The Kier molecular flexibility index (Phi) is 9.37. The second-order valence-corrected chi connectivity index (χ2v) is 7.05. The molecule has 1 aliphatic heterocycles. The summed E-state index contributed by atoms with van der Waals surface area (Å²) in [5, 5.41) is 3.21. The van der Waals surface area contributed by atoms with Crippen LogP contribution in [0.15, 0.2) is 0 Å². The SMILES string of the molecule is CCCNCCCS(=O)(=O)NCCCN1CCOCC1. The van der Waals surface area contributed by atoms with E-state index in [0.29, 0.717) is 13.0 Å². The predicted octanol–water partition coefficient (Wildman–Crippen LogP) is 0.0178. The van der Waals surface area contributed by atoms with Crippen LogP contribution in [-0.2, 0) is 14.8 Å². The number of hydrogen-bond acceptors (Lipinski definition) is 5. The zero-order valence-corrected chi connectivity index (χ0v) is 13.4. The van der Waals surface area contributed by atoms with E-state index in [0.717, 1.165) is 58.8 Å². The molecule has 1 aliphatic rings. The Balaban J connectivity index is 2.01. The highest BCUT2D eigenvalue weighted by molar-refractivity contribution is 7.89. The van der Waals surface area contributed by atoms with E-state index >= 15 is 0 Å². The number of sulfonamides is 1. The third kappa shape index (κ3) is 8.86. The van der Waals surface area contributed by atoms with Gasteiger partial charge in [-0.05, 0) is 38.9 Å². The van der Waals surface area contributed by atoms with Crippen molar-refractivity contribution in [2.24, 2.45) is 0 Å². The van der Waals surface area contributed by atoms with E-state index in [9.17, 15) is 8.42 Å². The summed E-state index contributed by atoms with van der Waals surface area (Å²) < 4.78 is 31.4. The first-order valence-corrected chi connectivity index (χ1v) is 9.27. The summed E-state index contributed by atoms with van der Waals surface area (Å²) in [5.74, 6) is 0.210. The Labute approximate surface area is 123 Å². The molecule has 0 amide bonds. The first kappa shape index (κ1) is 17.8. The number of hydrogen-bond donors (Lipinski definition) is 2. The molecule has 20 heavy (non-hydrogen) atoms. The highest BCUT2D eigenvalue weighted by atomic mass is 32.2.